The van der Waals surface area contributed by atoms with E-state index in [2.05, 4.69) is 64.6 Å². The molecule has 2 nitrogen and oxygen atoms in total. The largest absolute Gasteiger partial charge is 0.417 e. The van der Waals surface area contributed by atoms with Gasteiger partial charge in [0.2, 0.25) is 0 Å². The first kappa shape index (κ1) is 32.6. The molecule has 0 bridgehead atoms. The molecule has 6 aromatic rings. The van der Waals surface area contributed by atoms with Crippen molar-refractivity contribution in [1.82, 2.24) is 9.97 Å². The van der Waals surface area contributed by atoms with Crippen LogP contribution in [0.25, 0.3) is 42.7 Å². The zero-order chi connectivity index (χ0) is 31.9. The summed E-state index contributed by atoms with van der Waals surface area (Å²) >= 11 is -0.661. The van der Waals surface area contributed by atoms with Crippen LogP contribution in [0.5, 0.6) is 0 Å². The zero-order valence-corrected chi connectivity index (χ0v) is 30.7. The van der Waals surface area contributed by atoms with Crippen molar-refractivity contribution in [1.29, 1.82) is 0 Å². The molecule has 1 radical (unpaired) electrons. The third-order valence-corrected chi connectivity index (χ3v) is 13.0. The molecule has 0 aliphatic carbocycles. The van der Waals surface area contributed by atoms with Gasteiger partial charge in [-0.15, -0.1) is 23.8 Å². The Morgan fingerprint density at radius 1 is 0.864 bits per heavy atom. The van der Waals surface area contributed by atoms with E-state index in [0.717, 1.165) is 44.3 Å². The van der Waals surface area contributed by atoms with Crippen LogP contribution in [0.3, 0.4) is 0 Å². The van der Waals surface area contributed by atoms with Crippen LogP contribution in [0.2, 0.25) is 17.3 Å². The number of rotatable bonds is 4. The van der Waals surface area contributed by atoms with Gasteiger partial charge in [-0.05, 0) is 33.8 Å². The molecule has 0 unspecified atom stereocenters. The van der Waals surface area contributed by atoms with Crippen LogP contribution < -0.4 is 4.40 Å². The van der Waals surface area contributed by atoms with Crippen molar-refractivity contribution < 1.29 is 34.6 Å². The molecular weight excluding hydrogens is 814 g/mol. The van der Waals surface area contributed by atoms with E-state index in [-0.39, 0.29) is 24.8 Å². The van der Waals surface area contributed by atoms with Crippen LogP contribution in [0.1, 0.15) is 37.8 Å². The van der Waals surface area contributed by atoms with Crippen LogP contribution >= 0.6 is 11.3 Å². The number of fused-ring (bicyclic) bond motifs is 3. The van der Waals surface area contributed by atoms with Crippen molar-refractivity contribution in [3.63, 3.8) is 0 Å². The molecule has 0 atom stereocenters. The quantitative estimate of drug-likeness (QED) is 0.130. The first-order valence-electron chi connectivity index (χ1n) is 14.5. The number of thiophene rings is 1. The summed E-state index contributed by atoms with van der Waals surface area (Å²) in [6.07, 6.45) is -0.703. The molecule has 0 fully saturated rings. The van der Waals surface area contributed by atoms with E-state index in [1.165, 1.54) is 16.0 Å². The molecule has 0 aliphatic heterocycles. The van der Waals surface area contributed by atoms with E-state index < -0.39 is 30.9 Å². The molecule has 0 amide bonds. The smallest absolute Gasteiger partial charge is 0.305 e. The van der Waals surface area contributed by atoms with Gasteiger partial charge in [-0.2, -0.15) is 24.5 Å². The number of halogens is 3. The van der Waals surface area contributed by atoms with Crippen LogP contribution in [-0.4, -0.2) is 23.2 Å². The predicted octanol–water partition coefficient (Wildman–Crippen LogP) is 10.5. The first-order chi connectivity index (χ1) is 20.6. The summed E-state index contributed by atoms with van der Waals surface area (Å²) in [5, 5.41) is 1.34. The maximum Gasteiger partial charge on any atom is 0.417 e. The van der Waals surface area contributed by atoms with Crippen molar-refractivity contribution in [3.05, 3.63) is 114 Å². The second-order valence-corrected chi connectivity index (χ2v) is 23.3. The van der Waals surface area contributed by atoms with E-state index in [4.69, 9.17) is 1.37 Å². The Hall–Kier alpha value is -2.84. The van der Waals surface area contributed by atoms with E-state index in [9.17, 15) is 13.2 Å². The zero-order valence-electron chi connectivity index (χ0n) is 26.4. The van der Waals surface area contributed by atoms with Crippen molar-refractivity contribution in [2.24, 2.45) is 0 Å². The van der Waals surface area contributed by atoms with Crippen LogP contribution in [-0.2, 0) is 26.3 Å². The van der Waals surface area contributed by atoms with E-state index in [0.29, 0.717) is 16.6 Å². The predicted molar refractivity (Wildman–Crippen MR) is 177 cm³/mol. The fourth-order valence-electron chi connectivity index (χ4n) is 5.10. The Balaban J connectivity index is 0.000000222. The third kappa shape index (κ3) is 7.34. The monoisotopic (exact) mass is 850 g/mol. The van der Waals surface area contributed by atoms with Gasteiger partial charge in [0, 0.05) is 32.4 Å². The van der Waals surface area contributed by atoms with E-state index in [1.54, 1.807) is 44.3 Å². The Morgan fingerprint density at radius 2 is 1.61 bits per heavy atom. The average Bonchev–Trinajstić information content (AvgIpc) is 3.35. The van der Waals surface area contributed by atoms with E-state index >= 15 is 0 Å². The van der Waals surface area contributed by atoms with Crippen molar-refractivity contribution in [2.75, 3.05) is 0 Å². The number of benzene rings is 3. The number of nitrogens with zero attached hydrogens (tertiary/aromatic N) is 2. The van der Waals surface area contributed by atoms with Gasteiger partial charge in [0.15, 0.2) is 0 Å². The van der Waals surface area contributed by atoms with E-state index in [1.807, 2.05) is 24.3 Å². The van der Waals surface area contributed by atoms with Crippen LogP contribution in [0.15, 0.2) is 85.2 Å². The summed E-state index contributed by atoms with van der Waals surface area (Å²) in [4.78, 5) is 8.98. The minimum atomic E-state index is -4.41. The Morgan fingerprint density at radius 3 is 2.25 bits per heavy atom. The van der Waals surface area contributed by atoms with Gasteiger partial charge in [-0.25, -0.2) is 0 Å². The van der Waals surface area contributed by atoms with Gasteiger partial charge >= 0.3 is 112 Å². The van der Waals surface area contributed by atoms with Crippen molar-refractivity contribution in [3.8, 4) is 22.5 Å². The number of hydrogen-bond donors (Lipinski definition) is 0. The molecule has 0 saturated heterocycles. The second kappa shape index (κ2) is 13.7. The molecule has 3 aromatic carbocycles. The van der Waals surface area contributed by atoms with Gasteiger partial charge < -0.3 is 4.98 Å². The summed E-state index contributed by atoms with van der Waals surface area (Å²) in [7, 11) is 0. The number of hydrogen-bond acceptors (Lipinski definition) is 3. The molecular formula is C36H33F3GeIrN2S-2. The number of aryl methyl sites for hydroxylation is 1. The van der Waals surface area contributed by atoms with Gasteiger partial charge in [0.25, 0.3) is 0 Å². The molecule has 0 N–H and O–H groups in total. The summed E-state index contributed by atoms with van der Waals surface area (Å²) in [5.74, 6) is 6.41. The average molecular weight is 849 g/mol. The number of alkyl halides is 3. The Bertz CT molecular complexity index is 1940. The molecule has 3 aromatic heterocycles. The second-order valence-electron chi connectivity index (χ2n) is 11.7. The van der Waals surface area contributed by atoms with Crippen LogP contribution in [0, 0.1) is 19.1 Å². The maximum atomic E-state index is 13.4. The SMILES string of the molecule is Cc1cc(-c2[c-]cccc2)nc[c]1[Ge]([CH3])([CH3])[CH3].[2H]C(C)(C)c1ccnc(-c2[c-]ccc3c2sc2c(C(F)(F)F)cccc23)c1.[Ir]. The first-order valence-corrected chi connectivity index (χ1v) is 22.1. The molecule has 3 heterocycles. The van der Waals surface area contributed by atoms with Gasteiger partial charge in [0.1, 0.15) is 0 Å². The summed E-state index contributed by atoms with van der Waals surface area (Å²) < 4.78 is 50.9. The maximum absolute atomic E-state index is 13.4. The summed E-state index contributed by atoms with van der Waals surface area (Å²) in [6.45, 7) is 5.76. The van der Waals surface area contributed by atoms with Crippen LogP contribution in [0.4, 0.5) is 13.2 Å². The fourth-order valence-corrected chi connectivity index (χ4v) is 10.0. The molecule has 8 heteroatoms. The minimum Gasteiger partial charge on any atom is -0.305 e. The van der Waals surface area contributed by atoms with Crippen molar-refractivity contribution in [2.45, 2.75) is 50.1 Å². The standard InChI is InChI=1S/C21H15F3NS.C15H18GeN.Ir/c1-12(2)13-9-10-25-18(11-13)16-7-3-5-14-15-6-4-8-17(21(22,23)24)20(15)26-19(14)16;1-12-10-15(13-8-6-5-7-9-13)17-11-14(12)16(2,3)4;/h3-6,8-12H,1-2H3;5-8,10-11H,1-4H3;/q2*-1;/i12D;;. The topological polar surface area (TPSA) is 25.8 Å². The Labute approximate surface area is 278 Å². The fraction of sp³-hybridized carbons (Fsp3) is 0.222. The number of aromatic nitrogens is 2. The summed E-state index contributed by atoms with van der Waals surface area (Å²) in [5.41, 5.74) is 4.91. The Kier molecular flexibility index (Phi) is 10.1. The van der Waals surface area contributed by atoms with Gasteiger partial charge in [0.05, 0.1) is 5.56 Å². The van der Waals surface area contributed by atoms with Gasteiger partial charge in [-0.3, -0.25) is 0 Å². The van der Waals surface area contributed by atoms with Crippen molar-refractivity contribution >= 4 is 49.2 Å². The van der Waals surface area contributed by atoms with Gasteiger partial charge in [-0.1, -0.05) is 43.0 Å². The molecule has 0 spiro atoms. The molecule has 229 valence electrons. The molecule has 0 aliphatic rings. The number of pyridine rings is 2. The molecule has 44 heavy (non-hydrogen) atoms. The summed E-state index contributed by atoms with van der Waals surface area (Å²) in [6, 6.07) is 27.9. The molecule has 6 rings (SSSR count). The minimum absolute atomic E-state index is 0. The molecule has 0 saturated carbocycles. The third-order valence-electron chi connectivity index (χ3n) is 7.26. The normalized spacial score (nSPS) is 12.3.